The molecule has 2 aromatic rings. The molecule has 1 aliphatic rings. The van der Waals surface area contributed by atoms with Gasteiger partial charge in [0.25, 0.3) is 5.91 Å². The van der Waals surface area contributed by atoms with E-state index in [1.807, 2.05) is 0 Å². The number of ether oxygens (including phenoxy) is 1. The lowest BCUT2D eigenvalue weighted by Gasteiger charge is -2.27. The van der Waals surface area contributed by atoms with Crippen molar-refractivity contribution < 1.29 is 31.1 Å². The zero-order valence-electron chi connectivity index (χ0n) is 17.3. The van der Waals surface area contributed by atoms with Crippen LogP contribution in [0.15, 0.2) is 4.90 Å². The number of aryl methyl sites for hydroxylation is 1. The van der Waals surface area contributed by atoms with Crippen molar-refractivity contribution in [2.24, 2.45) is 10.9 Å². The number of nitrogens with two attached hydrogens (primary N) is 2. The van der Waals surface area contributed by atoms with Crippen LogP contribution in [0.1, 0.15) is 79.5 Å². The third kappa shape index (κ3) is 4.01. The minimum absolute atomic E-state index is 0.0347. The summed E-state index contributed by atoms with van der Waals surface area (Å²) >= 11 is 0. The highest BCUT2D eigenvalue weighted by atomic mass is 32.2. The largest absolute Gasteiger partial charge is 0.504 e. The van der Waals surface area contributed by atoms with E-state index in [9.17, 15) is 26.4 Å². The van der Waals surface area contributed by atoms with Gasteiger partial charge in [-0.25, -0.2) is 18.2 Å². The Morgan fingerprint density at radius 1 is 1.19 bits per heavy atom. The first-order valence-corrected chi connectivity index (χ1v) is 11.0. The molecule has 0 aromatic carbocycles. The van der Waals surface area contributed by atoms with Crippen LogP contribution in [-0.2, 0) is 22.9 Å². The molecular formula is C17H23F3N6O4S. The van der Waals surface area contributed by atoms with Gasteiger partial charge in [0.15, 0.2) is 10.6 Å². The van der Waals surface area contributed by atoms with Crippen molar-refractivity contribution in [3.8, 4) is 5.88 Å². The van der Waals surface area contributed by atoms with Crippen LogP contribution in [0.4, 0.5) is 13.2 Å². The average molecular weight is 464 g/mol. The summed E-state index contributed by atoms with van der Waals surface area (Å²) in [5.41, 5.74) is 4.97. The van der Waals surface area contributed by atoms with Gasteiger partial charge in [-0.2, -0.15) is 14.9 Å². The van der Waals surface area contributed by atoms with E-state index in [2.05, 4.69) is 10.2 Å². The van der Waals surface area contributed by atoms with Crippen LogP contribution in [0.2, 0.25) is 0 Å². The second-order valence-electron chi connectivity index (χ2n) is 7.88. The molecule has 0 fully saturated rings. The van der Waals surface area contributed by atoms with Gasteiger partial charge in [0.2, 0.25) is 15.9 Å². The smallest absolute Gasteiger partial charge is 0.468 e. The maximum atomic E-state index is 13.7. The van der Waals surface area contributed by atoms with Crippen LogP contribution < -0.4 is 15.6 Å². The van der Waals surface area contributed by atoms with E-state index in [0.29, 0.717) is 0 Å². The van der Waals surface area contributed by atoms with Crippen molar-refractivity contribution in [1.82, 2.24) is 19.6 Å². The van der Waals surface area contributed by atoms with Gasteiger partial charge in [0, 0.05) is 18.5 Å². The van der Waals surface area contributed by atoms with E-state index in [1.54, 1.807) is 27.7 Å². The van der Waals surface area contributed by atoms with Gasteiger partial charge in [0.1, 0.15) is 6.10 Å². The number of rotatable bonds is 5. The number of hydrogen-bond acceptors (Lipinski definition) is 6. The minimum Gasteiger partial charge on any atom is -0.468 e. The van der Waals surface area contributed by atoms with Gasteiger partial charge in [-0.05, 0) is 11.8 Å². The monoisotopic (exact) mass is 464 g/mol. The molecule has 3 heterocycles. The van der Waals surface area contributed by atoms with E-state index in [0.717, 1.165) is 4.68 Å². The second-order valence-corrected chi connectivity index (χ2v) is 9.38. The summed E-state index contributed by atoms with van der Waals surface area (Å²) in [5.74, 6) is -2.39. The highest BCUT2D eigenvalue weighted by Crippen LogP contribution is 2.43. The fraction of sp³-hybridized carbons (Fsp3) is 0.588. The fourth-order valence-corrected chi connectivity index (χ4v) is 4.52. The molecule has 0 saturated heterocycles. The van der Waals surface area contributed by atoms with E-state index < -0.39 is 44.8 Å². The van der Waals surface area contributed by atoms with Crippen LogP contribution in [-0.4, -0.2) is 33.9 Å². The number of halogens is 3. The average Bonchev–Trinajstić information content (AvgIpc) is 3.19. The topological polar surface area (TPSA) is 148 Å². The Balaban J connectivity index is 2.22. The van der Waals surface area contributed by atoms with Crippen LogP contribution in [0.25, 0.3) is 0 Å². The summed E-state index contributed by atoms with van der Waals surface area (Å²) in [6, 6.07) is 0. The lowest BCUT2D eigenvalue weighted by Crippen LogP contribution is -2.25. The maximum absolute atomic E-state index is 13.7. The van der Waals surface area contributed by atoms with Gasteiger partial charge >= 0.3 is 6.30 Å². The van der Waals surface area contributed by atoms with Gasteiger partial charge in [-0.1, -0.05) is 27.7 Å². The van der Waals surface area contributed by atoms with Crippen molar-refractivity contribution in [1.29, 1.82) is 0 Å². The Hall–Kier alpha value is -2.61. The Morgan fingerprint density at radius 2 is 1.81 bits per heavy atom. The predicted octanol–water partition coefficient (Wildman–Crippen LogP) is 2.07. The number of amides is 1. The summed E-state index contributed by atoms with van der Waals surface area (Å²) in [7, 11) is -4.46. The number of fused-ring (bicyclic) bond motifs is 1. The molecule has 0 spiro atoms. The molecule has 1 amide bonds. The number of aromatic nitrogens is 4. The fourth-order valence-electron chi connectivity index (χ4n) is 3.72. The van der Waals surface area contributed by atoms with Gasteiger partial charge in [-0.3, -0.25) is 4.79 Å². The first kappa shape index (κ1) is 23.1. The molecule has 0 radical (unpaired) electrons. The van der Waals surface area contributed by atoms with E-state index in [1.165, 1.54) is 0 Å². The van der Waals surface area contributed by atoms with Crippen molar-refractivity contribution in [3.05, 3.63) is 22.6 Å². The molecular weight excluding hydrogens is 441 g/mol. The molecule has 0 bridgehead atoms. The number of primary amides is 1. The molecule has 2 aromatic heterocycles. The number of carbonyl (C=O) groups is 1. The second kappa shape index (κ2) is 7.51. The van der Waals surface area contributed by atoms with Gasteiger partial charge in [0.05, 0.1) is 11.4 Å². The third-order valence-electron chi connectivity index (χ3n) is 4.88. The minimum atomic E-state index is -4.75. The lowest BCUT2D eigenvalue weighted by molar-refractivity contribution is -0.214. The highest BCUT2D eigenvalue weighted by Gasteiger charge is 2.42. The standard InChI is InChI=1S/C17H23F3N6O4S/c1-7(2)11-10(13(8(3)4)26(24-11)17(18,19)20)9-5-6-25-16(30-9)14(31(22,28)29)12(23-25)15(21)27/h7-9H,5-6H2,1-4H3,(H2,21,27)(H2,22,28,29). The van der Waals surface area contributed by atoms with Crippen LogP contribution in [0, 0.1) is 0 Å². The molecule has 1 atom stereocenters. The van der Waals surface area contributed by atoms with Crippen molar-refractivity contribution in [2.75, 3.05) is 0 Å². The molecule has 31 heavy (non-hydrogen) atoms. The number of primary sulfonamides is 1. The maximum Gasteiger partial charge on any atom is 0.504 e. The Morgan fingerprint density at radius 3 is 2.26 bits per heavy atom. The van der Waals surface area contributed by atoms with E-state index >= 15 is 0 Å². The van der Waals surface area contributed by atoms with Crippen molar-refractivity contribution in [3.63, 3.8) is 0 Å². The first-order chi connectivity index (χ1) is 14.1. The molecule has 172 valence electrons. The molecule has 0 saturated carbocycles. The van der Waals surface area contributed by atoms with Crippen molar-refractivity contribution >= 4 is 15.9 Å². The Kier molecular flexibility index (Phi) is 5.59. The molecule has 0 aliphatic carbocycles. The molecule has 10 nitrogen and oxygen atoms in total. The first-order valence-electron chi connectivity index (χ1n) is 9.44. The predicted molar refractivity (Wildman–Crippen MR) is 102 cm³/mol. The highest BCUT2D eigenvalue weighted by molar-refractivity contribution is 7.89. The zero-order chi connectivity index (χ0) is 23.5. The summed E-state index contributed by atoms with van der Waals surface area (Å²) in [5, 5.41) is 12.9. The Labute approximate surface area is 176 Å². The molecule has 4 N–H and O–H groups in total. The number of nitrogens with zero attached hydrogens (tertiary/aromatic N) is 4. The van der Waals surface area contributed by atoms with Crippen molar-refractivity contribution in [2.45, 2.75) is 69.8 Å². The summed E-state index contributed by atoms with van der Waals surface area (Å²) in [6.45, 7) is 6.67. The quantitative estimate of drug-likeness (QED) is 0.692. The molecule has 14 heteroatoms. The van der Waals surface area contributed by atoms with Crippen LogP contribution in [0.3, 0.4) is 0 Å². The third-order valence-corrected chi connectivity index (χ3v) is 5.82. The van der Waals surface area contributed by atoms with E-state index in [4.69, 9.17) is 15.6 Å². The zero-order valence-corrected chi connectivity index (χ0v) is 18.1. The molecule has 1 aliphatic heterocycles. The summed E-state index contributed by atoms with van der Waals surface area (Å²) in [6.07, 6.45) is -5.54. The normalized spacial score (nSPS) is 17.2. The number of hydrogen-bond donors (Lipinski definition) is 2. The van der Waals surface area contributed by atoms with Crippen LogP contribution in [0.5, 0.6) is 5.88 Å². The van der Waals surface area contributed by atoms with E-state index in [-0.39, 0.29) is 46.4 Å². The Bertz CT molecular complexity index is 1130. The molecule has 3 rings (SSSR count). The number of alkyl halides is 3. The van der Waals surface area contributed by atoms with Gasteiger partial charge in [-0.15, -0.1) is 13.2 Å². The summed E-state index contributed by atoms with van der Waals surface area (Å²) in [4.78, 5) is 11.0. The SMILES string of the molecule is CC(C)c1nn(C(F)(F)F)c(C(C)C)c1C1CCn2nc(C(N)=O)c(S(N)(=O)=O)c2O1. The number of sulfonamides is 1. The summed E-state index contributed by atoms with van der Waals surface area (Å²) < 4.78 is 72.2. The van der Waals surface area contributed by atoms with Gasteiger partial charge < -0.3 is 10.5 Å². The number of carbonyl (C=O) groups excluding carboxylic acids is 1. The van der Waals surface area contributed by atoms with Crippen LogP contribution >= 0.6 is 0 Å². The lowest BCUT2D eigenvalue weighted by atomic mass is 9.93. The molecule has 1 unspecified atom stereocenters.